The second kappa shape index (κ2) is 4.54. The van der Waals surface area contributed by atoms with Crippen molar-refractivity contribution in [3.05, 3.63) is 34.9 Å². The Balaban J connectivity index is 2.18. The molecule has 1 aromatic carbocycles. The molecule has 0 saturated carbocycles. The van der Waals surface area contributed by atoms with Crippen molar-refractivity contribution in [3.8, 4) is 11.5 Å². The second-order valence-electron chi connectivity index (χ2n) is 6.77. The normalized spacial score (nSPS) is 27.1. The van der Waals surface area contributed by atoms with Crippen LogP contribution >= 0.6 is 0 Å². The van der Waals surface area contributed by atoms with Gasteiger partial charge in [-0.1, -0.05) is 18.6 Å². The van der Waals surface area contributed by atoms with Gasteiger partial charge < -0.3 is 9.84 Å². The fourth-order valence-electron chi connectivity index (χ4n) is 3.78. The molecule has 1 heterocycles. The standard InChI is InChI=1S/C18H24O2/c1-5-12-9-15(19)17-13-8-11(2)6-7-14(13)18(3,4)20-16(17)10-12/h8-10,13-14,19H,5-7H2,1-4H3/t13-,14+/m1/s1. The zero-order valence-corrected chi connectivity index (χ0v) is 12.9. The van der Waals surface area contributed by atoms with E-state index in [0.29, 0.717) is 11.7 Å². The average molecular weight is 272 g/mol. The first-order valence-corrected chi connectivity index (χ1v) is 7.64. The second-order valence-corrected chi connectivity index (χ2v) is 6.77. The number of hydrogen-bond donors (Lipinski definition) is 1. The fourth-order valence-corrected chi connectivity index (χ4v) is 3.78. The first-order valence-electron chi connectivity index (χ1n) is 7.64. The van der Waals surface area contributed by atoms with Crippen molar-refractivity contribution in [3.63, 3.8) is 0 Å². The van der Waals surface area contributed by atoms with Gasteiger partial charge in [0, 0.05) is 17.4 Å². The van der Waals surface area contributed by atoms with Crippen molar-refractivity contribution in [2.24, 2.45) is 5.92 Å². The molecule has 2 atom stereocenters. The molecule has 0 aromatic heterocycles. The van der Waals surface area contributed by atoms with Gasteiger partial charge in [0.1, 0.15) is 17.1 Å². The molecule has 108 valence electrons. The van der Waals surface area contributed by atoms with Gasteiger partial charge >= 0.3 is 0 Å². The number of phenols is 1. The predicted molar refractivity (Wildman–Crippen MR) is 81.4 cm³/mol. The van der Waals surface area contributed by atoms with Crippen LogP contribution in [0.25, 0.3) is 0 Å². The largest absolute Gasteiger partial charge is 0.507 e. The Bertz CT molecular complexity index is 569. The van der Waals surface area contributed by atoms with Crippen LogP contribution in [0.1, 0.15) is 57.6 Å². The van der Waals surface area contributed by atoms with Crippen LogP contribution in [0.4, 0.5) is 0 Å². The van der Waals surface area contributed by atoms with Gasteiger partial charge in [-0.15, -0.1) is 0 Å². The molecule has 1 N–H and O–H groups in total. The lowest BCUT2D eigenvalue weighted by Crippen LogP contribution is -2.45. The molecule has 3 rings (SSSR count). The summed E-state index contributed by atoms with van der Waals surface area (Å²) in [6.07, 6.45) is 5.52. The van der Waals surface area contributed by atoms with E-state index < -0.39 is 0 Å². The number of ether oxygens (including phenoxy) is 1. The Morgan fingerprint density at radius 1 is 1.35 bits per heavy atom. The minimum absolute atomic E-state index is 0.173. The third kappa shape index (κ3) is 2.02. The molecule has 2 aliphatic rings. The topological polar surface area (TPSA) is 29.5 Å². The van der Waals surface area contributed by atoms with Gasteiger partial charge in [-0.25, -0.2) is 0 Å². The van der Waals surface area contributed by atoms with Gasteiger partial charge in [0.05, 0.1) is 0 Å². The number of aryl methyl sites for hydroxylation is 1. The molecule has 1 aliphatic carbocycles. The van der Waals surface area contributed by atoms with Crippen molar-refractivity contribution in [2.45, 2.75) is 58.5 Å². The van der Waals surface area contributed by atoms with E-state index in [9.17, 15) is 5.11 Å². The van der Waals surface area contributed by atoms with E-state index in [2.05, 4.69) is 39.8 Å². The van der Waals surface area contributed by atoms with Crippen LogP contribution in [-0.2, 0) is 6.42 Å². The Labute approximate surface area is 121 Å². The van der Waals surface area contributed by atoms with Crippen molar-refractivity contribution in [1.29, 1.82) is 0 Å². The monoisotopic (exact) mass is 272 g/mol. The number of benzene rings is 1. The molecular formula is C18H24O2. The van der Waals surface area contributed by atoms with Gasteiger partial charge in [0.2, 0.25) is 0 Å². The van der Waals surface area contributed by atoms with E-state index in [1.807, 2.05) is 6.07 Å². The lowest BCUT2D eigenvalue weighted by atomic mass is 9.68. The Morgan fingerprint density at radius 3 is 2.80 bits per heavy atom. The summed E-state index contributed by atoms with van der Waals surface area (Å²) in [5, 5.41) is 10.5. The lowest BCUT2D eigenvalue weighted by Gasteiger charge is -2.46. The summed E-state index contributed by atoms with van der Waals surface area (Å²) in [6, 6.07) is 4.00. The van der Waals surface area contributed by atoms with Crippen LogP contribution < -0.4 is 4.74 Å². The summed E-state index contributed by atoms with van der Waals surface area (Å²) in [5.74, 6) is 2.00. The molecule has 1 aromatic rings. The maximum absolute atomic E-state index is 10.5. The number of allylic oxidation sites excluding steroid dienone is 2. The minimum atomic E-state index is -0.173. The van der Waals surface area contributed by atoms with Gasteiger partial charge in [0.25, 0.3) is 0 Å². The minimum Gasteiger partial charge on any atom is -0.507 e. The molecule has 0 amide bonds. The van der Waals surface area contributed by atoms with Crippen molar-refractivity contribution in [1.82, 2.24) is 0 Å². The van der Waals surface area contributed by atoms with Gasteiger partial charge in [-0.2, -0.15) is 0 Å². The van der Waals surface area contributed by atoms with Crippen molar-refractivity contribution >= 4 is 0 Å². The van der Waals surface area contributed by atoms with E-state index in [-0.39, 0.29) is 11.5 Å². The molecule has 0 unspecified atom stereocenters. The van der Waals surface area contributed by atoms with Crippen molar-refractivity contribution < 1.29 is 9.84 Å². The lowest BCUT2D eigenvalue weighted by molar-refractivity contribution is 0.0107. The average Bonchev–Trinajstić information content (AvgIpc) is 2.36. The first kappa shape index (κ1) is 13.5. The van der Waals surface area contributed by atoms with Crippen molar-refractivity contribution in [2.75, 3.05) is 0 Å². The maximum atomic E-state index is 10.5. The predicted octanol–water partition coefficient (Wildman–Crippen LogP) is 4.57. The SMILES string of the molecule is CCc1cc(O)c2c(c1)OC(C)(C)[C@H]1CCC(C)=C[C@@H]21. The van der Waals surface area contributed by atoms with E-state index in [1.165, 1.54) is 5.57 Å². The molecule has 20 heavy (non-hydrogen) atoms. The van der Waals surface area contributed by atoms with E-state index >= 15 is 0 Å². The number of hydrogen-bond acceptors (Lipinski definition) is 2. The Morgan fingerprint density at radius 2 is 2.10 bits per heavy atom. The summed E-state index contributed by atoms with van der Waals surface area (Å²) < 4.78 is 6.26. The van der Waals surface area contributed by atoms with Crippen LogP contribution in [-0.4, -0.2) is 10.7 Å². The summed E-state index contributed by atoms with van der Waals surface area (Å²) in [7, 11) is 0. The number of fused-ring (bicyclic) bond motifs is 3. The fraction of sp³-hybridized carbons (Fsp3) is 0.556. The highest BCUT2D eigenvalue weighted by atomic mass is 16.5. The van der Waals surface area contributed by atoms with E-state index in [1.54, 1.807) is 0 Å². The highest BCUT2D eigenvalue weighted by molar-refractivity contribution is 5.53. The molecule has 0 fully saturated rings. The molecule has 2 nitrogen and oxygen atoms in total. The molecule has 0 saturated heterocycles. The zero-order chi connectivity index (χ0) is 14.5. The summed E-state index contributed by atoms with van der Waals surface area (Å²) in [6.45, 7) is 8.65. The van der Waals surface area contributed by atoms with Gasteiger partial charge in [-0.3, -0.25) is 0 Å². The Kier molecular flexibility index (Phi) is 3.07. The highest BCUT2D eigenvalue weighted by Crippen LogP contribution is 2.53. The maximum Gasteiger partial charge on any atom is 0.127 e. The Hall–Kier alpha value is -1.44. The van der Waals surface area contributed by atoms with Crippen LogP contribution in [0.3, 0.4) is 0 Å². The third-order valence-electron chi connectivity index (χ3n) is 4.93. The smallest absolute Gasteiger partial charge is 0.127 e. The summed E-state index contributed by atoms with van der Waals surface area (Å²) in [4.78, 5) is 0. The molecule has 0 bridgehead atoms. The van der Waals surface area contributed by atoms with E-state index in [0.717, 1.165) is 36.1 Å². The van der Waals surface area contributed by atoms with Crippen LogP contribution in [0.15, 0.2) is 23.8 Å². The molecule has 0 spiro atoms. The highest BCUT2D eigenvalue weighted by Gasteiger charge is 2.45. The number of phenolic OH excluding ortho intramolecular Hbond substituents is 1. The van der Waals surface area contributed by atoms with Crippen LogP contribution in [0.2, 0.25) is 0 Å². The molecule has 1 aliphatic heterocycles. The summed E-state index contributed by atoms with van der Waals surface area (Å²) >= 11 is 0. The van der Waals surface area contributed by atoms with Gasteiger partial charge in [0.15, 0.2) is 0 Å². The molecule has 0 radical (unpaired) electrons. The molecular weight excluding hydrogens is 248 g/mol. The number of rotatable bonds is 1. The van der Waals surface area contributed by atoms with E-state index in [4.69, 9.17) is 4.74 Å². The first-order chi connectivity index (χ1) is 9.42. The zero-order valence-electron chi connectivity index (χ0n) is 12.9. The van der Waals surface area contributed by atoms with Crippen LogP contribution in [0.5, 0.6) is 11.5 Å². The molecule has 2 heteroatoms. The third-order valence-corrected chi connectivity index (χ3v) is 4.93. The number of aromatic hydroxyl groups is 1. The van der Waals surface area contributed by atoms with Gasteiger partial charge in [-0.05, 0) is 57.7 Å². The quantitative estimate of drug-likeness (QED) is 0.759. The van der Waals surface area contributed by atoms with Crippen LogP contribution in [0, 0.1) is 5.92 Å². The summed E-state index contributed by atoms with van der Waals surface area (Å²) in [5.41, 5.74) is 3.37.